The summed E-state index contributed by atoms with van der Waals surface area (Å²) in [4.78, 5) is 0. The molecule has 208 valence electrons. The Morgan fingerprint density at radius 1 is 0.486 bits per heavy atom. The molecule has 0 saturated heterocycles. The lowest BCUT2D eigenvalue weighted by Gasteiger charge is -2.30. The second-order valence-corrected chi connectivity index (χ2v) is 9.54. The van der Waals surface area contributed by atoms with Gasteiger partial charge in [0.25, 0.3) is 0 Å². The van der Waals surface area contributed by atoms with Gasteiger partial charge >= 0.3 is 24.6 Å². The summed E-state index contributed by atoms with van der Waals surface area (Å²) in [6.07, 6.45) is -22.4. The summed E-state index contributed by atoms with van der Waals surface area (Å²) in [6.45, 7) is 7.16. The van der Waals surface area contributed by atoms with Gasteiger partial charge in [-0.2, -0.15) is 43.9 Å². The Balaban J connectivity index is 1.99. The number of hydrogen-bond acceptors (Lipinski definition) is 3. The summed E-state index contributed by atoms with van der Waals surface area (Å²) in [7, 11) is 0. The molecule has 13 heteroatoms. The van der Waals surface area contributed by atoms with Crippen molar-refractivity contribution >= 4 is 0 Å². The highest BCUT2D eigenvalue weighted by Crippen LogP contribution is 2.39. The molecule has 0 spiro atoms. The first-order chi connectivity index (χ1) is 16.6. The third-order valence-corrected chi connectivity index (χ3v) is 5.35. The first kappa shape index (κ1) is 30.5. The van der Waals surface area contributed by atoms with Gasteiger partial charge in [0.2, 0.25) is 0 Å². The molecule has 0 fully saturated rings. The van der Waals surface area contributed by atoms with Gasteiger partial charge in [0, 0.05) is 10.8 Å². The summed E-state index contributed by atoms with van der Waals surface area (Å²) in [5, 5.41) is 0. The predicted octanol–water partition coefficient (Wildman–Crippen LogP) is 8.03. The predicted molar refractivity (Wildman–Crippen MR) is 113 cm³/mol. The summed E-state index contributed by atoms with van der Waals surface area (Å²) >= 11 is 0. The van der Waals surface area contributed by atoms with E-state index in [0.29, 0.717) is 11.1 Å². The standard InChI is InChI=1S/C24H24F10O3/c1-19(2,15-5-9-17(10-6-15)36-23(31,32)21(25,26)27)13-35-14-20(3,4)16-7-11-18(12-8-16)37-24(33,34)22(28,29)30/h5-12H,13-14H2,1-4H3. The highest BCUT2D eigenvalue weighted by atomic mass is 19.4. The van der Waals surface area contributed by atoms with E-state index in [9.17, 15) is 43.9 Å². The fourth-order valence-electron chi connectivity index (χ4n) is 3.09. The van der Waals surface area contributed by atoms with Crippen molar-refractivity contribution < 1.29 is 58.1 Å². The number of ether oxygens (including phenoxy) is 3. The minimum absolute atomic E-state index is 0.0916. The molecule has 37 heavy (non-hydrogen) atoms. The molecule has 2 rings (SSSR count). The third kappa shape index (κ3) is 7.65. The minimum atomic E-state index is -5.87. The smallest absolute Gasteiger partial charge is 0.426 e. The summed E-state index contributed by atoms with van der Waals surface area (Å²) < 4.78 is 139. The molecule has 0 saturated carbocycles. The molecular formula is C24H24F10O3. The second kappa shape index (κ2) is 10.2. The van der Waals surface area contributed by atoms with Crippen molar-refractivity contribution in [3.05, 3.63) is 59.7 Å². The van der Waals surface area contributed by atoms with Gasteiger partial charge in [-0.25, -0.2) is 0 Å². The van der Waals surface area contributed by atoms with Gasteiger partial charge in [0.1, 0.15) is 11.5 Å². The average molecular weight is 550 g/mol. The van der Waals surface area contributed by atoms with Crippen LogP contribution in [-0.2, 0) is 15.6 Å². The number of alkyl halides is 10. The van der Waals surface area contributed by atoms with E-state index in [2.05, 4.69) is 9.47 Å². The summed E-state index contributed by atoms with van der Waals surface area (Å²) in [6, 6.07) is 9.22. The van der Waals surface area contributed by atoms with Crippen LogP contribution in [0.15, 0.2) is 48.5 Å². The van der Waals surface area contributed by atoms with Crippen LogP contribution in [-0.4, -0.2) is 37.8 Å². The van der Waals surface area contributed by atoms with Gasteiger partial charge in [-0.15, -0.1) is 0 Å². The van der Waals surface area contributed by atoms with E-state index in [4.69, 9.17) is 4.74 Å². The second-order valence-electron chi connectivity index (χ2n) is 9.54. The molecule has 0 aliphatic carbocycles. The van der Waals surface area contributed by atoms with E-state index in [1.165, 1.54) is 24.3 Å². The minimum Gasteiger partial charge on any atom is -0.426 e. The number of halogens is 10. The van der Waals surface area contributed by atoms with Gasteiger partial charge in [-0.05, 0) is 35.4 Å². The van der Waals surface area contributed by atoms with E-state index in [0.717, 1.165) is 24.3 Å². The van der Waals surface area contributed by atoms with Gasteiger partial charge in [0.05, 0.1) is 13.2 Å². The van der Waals surface area contributed by atoms with E-state index >= 15 is 0 Å². The molecular weight excluding hydrogens is 526 g/mol. The molecule has 3 nitrogen and oxygen atoms in total. The number of hydrogen-bond donors (Lipinski definition) is 0. The Kier molecular flexibility index (Phi) is 8.43. The zero-order valence-electron chi connectivity index (χ0n) is 20.0. The van der Waals surface area contributed by atoms with Crippen molar-refractivity contribution in [2.45, 2.75) is 63.1 Å². The molecule has 0 radical (unpaired) electrons. The van der Waals surface area contributed by atoms with E-state index in [-0.39, 0.29) is 13.2 Å². The quantitative estimate of drug-likeness (QED) is 0.281. The maximum absolute atomic E-state index is 13.1. The van der Waals surface area contributed by atoms with Crippen molar-refractivity contribution in [2.75, 3.05) is 13.2 Å². The molecule has 0 heterocycles. The Morgan fingerprint density at radius 2 is 0.757 bits per heavy atom. The lowest BCUT2D eigenvalue weighted by molar-refractivity contribution is -0.360. The van der Waals surface area contributed by atoms with Crippen LogP contribution in [0.2, 0.25) is 0 Å². The first-order valence-electron chi connectivity index (χ1n) is 10.6. The van der Waals surface area contributed by atoms with Gasteiger partial charge in [-0.3, -0.25) is 0 Å². The summed E-state index contributed by atoms with van der Waals surface area (Å²) in [5.74, 6) is -1.35. The van der Waals surface area contributed by atoms with E-state index in [1.54, 1.807) is 27.7 Å². The zero-order chi connectivity index (χ0) is 28.5. The van der Waals surface area contributed by atoms with Gasteiger partial charge in [0.15, 0.2) is 0 Å². The van der Waals surface area contributed by atoms with Crippen LogP contribution in [0.4, 0.5) is 43.9 Å². The Bertz CT molecular complexity index is 941. The van der Waals surface area contributed by atoms with Crippen molar-refractivity contribution in [3.63, 3.8) is 0 Å². The molecule has 0 aliphatic rings. The molecule has 0 aromatic heterocycles. The van der Waals surface area contributed by atoms with Gasteiger partial charge < -0.3 is 14.2 Å². The monoisotopic (exact) mass is 550 g/mol. The third-order valence-electron chi connectivity index (χ3n) is 5.35. The van der Waals surface area contributed by atoms with Crippen LogP contribution >= 0.6 is 0 Å². The topological polar surface area (TPSA) is 27.7 Å². The molecule has 0 unspecified atom stereocenters. The van der Waals surface area contributed by atoms with Crippen molar-refractivity contribution in [1.29, 1.82) is 0 Å². The maximum atomic E-state index is 13.1. The molecule has 0 amide bonds. The lowest BCUT2D eigenvalue weighted by Crippen LogP contribution is -2.41. The Hall–Kier alpha value is -2.70. The number of benzene rings is 2. The van der Waals surface area contributed by atoms with E-state index < -0.39 is 46.9 Å². The molecule has 2 aromatic rings. The molecule has 0 atom stereocenters. The molecule has 0 aliphatic heterocycles. The van der Waals surface area contributed by atoms with Crippen LogP contribution in [0.5, 0.6) is 11.5 Å². The van der Waals surface area contributed by atoms with Gasteiger partial charge in [-0.1, -0.05) is 52.0 Å². The van der Waals surface area contributed by atoms with Crippen LogP contribution in [0, 0.1) is 0 Å². The van der Waals surface area contributed by atoms with Crippen LogP contribution in [0.25, 0.3) is 0 Å². The SMILES string of the molecule is CC(C)(COCC(C)(C)c1ccc(OC(F)(F)C(F)(F)F)cc1)c1ccc(OC(F)(F)C(F)(F)F)cc1. The maximum Gasteiger partial charge on any atom is 0.499 e. The largest absolute Gasteiger partial charge is 0.499 e. The van der Waals surface area contributed by atoms with Crippen molar-refractivity contribution in [3.8, 4) is 11.5 Å². The van der Waals surface area contributed by atoms with E-state index in [1.807, 2.05) is 0 Å². The summed E-state index contributed by atoms with van der Waals surface area (Å²) in [5.41, 5.74) is -0.301. The molecule has 0 bridgehead atoms. The zero-order valence-corrected chi connectivity index (χ0v) is 20.0. The first-order valence-corrected chi connectivity index (χ1v) is 10.6. The van der Waals surface area contributed by atoms with Crippen LogP contribution < -0.4 is 9.47 Å². The van der Waals surface area contributed by atoms with Crippen molar-refractivity contribution in [2.24, 2.45) is 0 Å². The number of rotatable bonds is 10. The fraction of sp³-hybridized carbons (Fsp3) is 0.500. The highest BCUT2D eigenvalue weighted by molar-refractivity contribution is 5.33. The van der Waals surface area contributed by atoms with Crippen molar-refractivity contribution in [1.82, 2.24) is 0 Å². The lowest BCUT2D eigenvalue weighted by atomic mass is 9.84. The Labute approximate surface area is 206 Å². The Morgan fingerprint density at radius 3 is 1.00 bits per heavy atom. The highest BCUT2D eigenvalue weighted by Gasteiger charge is 2.62. The van der Waals surface area contributed by atoms with Crippen LogP contribution in [0.1, 0.15) is 38.8 Å². The normalized spacial score (nSPS) is 14.0. The fourth-order valence-corrected chi connectivity index (χ4v) is 3.09. The molecule has 0 N–H and O–H groups in total. The average Bonchev–Trinajstić information content (AvgIpc) is 2.72. The van der Waals surface area contributed by atoms with Crippen LogP contribution in [0.3, 0.4) is 0 Å². The molecule has 2 aromatic carbocycles.